The van der Waals surface area contributed by atoms with Crippen molar-refractivity contribution in [2.75, 3.05) is 6.54 Å². The fourth-order valence-electron chi connectivity index (χ4n) is 2.70. The van der Waals surface area contributed by atoms with E-state index in [-0.39, 0.29) is 6.04 Å². The van der Waals surface area contributed by atoms with E-state index in [0.29, 0.717) is 17.2 Å². The second-order valence-corrected chi connectivity index (χ2v) is 7.35. The van der Waals surface area contributed by atoms with Crippen LogP contribution in [0, 0.1) is 13.8 Å². The maximum absolute atomic E-state index is 12.8. The molecule has 0 aliphatic carbocycles. The zero-order chi connectivity index (χ0) is 15.0. The smallest absolute Gasteiger partial charge is 0.243 e. The van der Waals surface area contributed by atoms with E-state index in [1.54, 1.807) is 12.1 Å². The number of benzene rings is 1. The normalized spacial score (nSPS) is 20.0. The predicted octanol–water partition coefficient (Wildman–Crippen LogP) is 2.82. The van der Waals surface area contributed by atoms with Gasteiger partial charge in [-0.2, -0.15) is 4.31 Å². The second-order valence-electron chi connectivity index (χ2n) is 5.46. The van der Waals surface area contributed by atoms with E-state index < -0.39 is 10.0 Å². The standard InChI is InChI=1S/C15H18N2O3S/c1-11-5-7-13(8-6-11)21(18,19)17-9-3-4-14(17)15-10-12(2)16-20-15/h5-8,10,14H,3-4,9H2,1-2H3/t14-/m1/s1. The Bertz CT molecular complexity index is 735. The molecule has 1 atom stereocenters. The van der Waals surface area contributed by atoms with Crippen LogP contribution < -0.4 is 0 Å². The van der Waals surface area contributed by atoms with Crippen molar-refractivity contribution in [3.63, 3.8) is 0 Å². The van der Waals surface area contributed by atoms with Crippen LogP contribution in [0.5, 0.6) is 0 Å². The molecule has 1 aromatic carbocycles. The molecule has 1 aromatic heterocycles. The Labute approximate surface area is 124 Å². The highest BCUT2D eigenvalue weighted by molar-refractivity contribution is 7.89. The number of nitrogens with zero attached hydrogens (tertiary/aromatic N) is 2. The molecule has 2 heterocycles. The van der Waals surface area contributed by atoms with Crippen LogP contribution in [-0.2, 0) is 10.0 Å². The summed E-state index contributed by atoms with van der Waals surface area (Å²) in [6, 6.07) is 8.51. The highest BCUT2D eigenvalue weighted by atomic mass is 32.2. The molecule has 0 amide bonds. The van der Waals surface area contributed by atoms with E-state index in [2.05, 4.69) is 5.16 Å². The molecule has 112 valence electrons. The van der Waals surface area contributed by atoms with Crippen LogP contribution in [0.4, 0.5) is 0 Å². The van der Waals surface area contributed by atoms with Gasteiger partial charge in [0.05, 0.1) is 16.6 Å². The maximum Gasteiger partial charge on any atom is 0.243 e. The molecule has 6 heteroatoms. The van der Waals surface area contributed by atoms with Gasteiger partial charge in [0, 0.05) is 12.6 Å². The average molecular weight is 306 g/mol. The summed E-state index contributed by atoms with van der Waals surface area (Å²) in [7, 11) is -3.50. The van der Waals surface area contributed by atoms with E-state index in [4.69, 9.17) is 4.52 Å². The second kappa shape index (κ2) is 5.27. The Hall–Kier alpha value is -1.66. The fourth-order valence-corrected chi connectivity index (χ4v) is 4.36. The number of aromatic nitrogens is 1. The molecular formula is C15H18N2O3S. The summed E-state index contributed by atoms with van der Waals surface area (Å²) in [6.07, 6.45) is 1.59. The molecule has 1 saturated heterocycles. The summed E-state index contributed by atoms with van der Waals surface area (Å²) < 4.78 is 32.4. The Kier molecular flexibility index (Phi) is 3.59. The van der Waals surface area contributed by atoms with Gasteiger partial charge in [0.15, 0.2) is 5.76 Å². The van der Waals surface area contributed by atoms with E-state index in [1.807, 2.05) is 32.0 Å². The monoisotopic (exact) mass is 306 g/mol. The van der Waals surface area contributed by atoms with Crippen molar-refractivity contribution in [2.45, 2.75) is 37.6 Å². The number of sulfonamides is 1. The summed E-state index contributed by atoms with van der Waals surface area (Å²) in [5.41, 5.74) is 1.81. The van der Waals surface area contributed by atoms with Gasteiger partial charge in [0.25, 0.3) is 0 Å². The van der Waals surface area contributed by atoms with Crippen molar-refractivity contribution < 1.29 is 12.9 Å². The molecule has 3 rings (SSSR count). The third-order valence-electron chi connectivity index (χ3n) is 3.81. The van der Waals surface area contributed by atoms with E-state index in [9.17, 15) is 8.42 Å². The van der Waals surface area contributed by atoms with Gasteiger partial charge < -0.3 is 4.52 Å². The van der Waals surface area contributed by atoms with E-state index in [0.717, 1.165) is 24.1 Å². The third kappa shape index (κ3) is 2.61. The van der Waals surface area contributed by atoms with Gasteiger partial charge in [-0.25, -0.2) is 8.42 Å². The zero-order valence-electron chi connectivity index (χ0n) is 12.1. The highest BCUT2D eigenvalue weighted by Crippen LogP contribution is 2.36. The van der Waals surface area contributed by atoms with Crippen molar-refractivity contribution in [1.29, 1.82) is 0 Å². The van der Waals surface area contributed by atoms with Gasteiger partial charge in [-0.05, 0) is 38.8 Å². The minimum Gasteiger partial charge on any atom is -0.359 e. The lowest BCUT2D eigenvalue weighted by atomic mass is 10.2. The number of hydrogen-bond acceptors (Lipinski definition) is 4. The lowest BCUT2D eigenvalue weighted by Crippen LogP contribution is -2.30. The molecule has 0 radical (unpaired) electrons. The molecule has 0 bridgehead atoms. The maximum atomic E-state index is 12.8. The molecule has 0 spiro atoms. The van der Waals surface area contributed by atoms with Crippen molar-refractivity contribution in [2.24, 2.45) is 0 Å². The van der Waals surface area contributed by atoms with Crippen LogP contribution in [0.25, 0.3) is 0 Å². The first-order valence-corrected chi connectivity index (χ1v) is 8.44. The average Bonchev–Trinajstić information content (AvgIpc) is 3.07. The molecule has 1 aliphatic rings. The largest absolute Gasteiger partial charge is 0.359 e. The van der Waals surface area contributed by atoms with Crippen molar-refractivity contribution in [3.05, 3.63) is 47.3 Å². The first-order valence-electron chi connectivity index (χ1n) is 7.00. The summed E-state index contributed by atoms with van der Waals surface area (Å²) in [4.78, 5) is 0.330. The van der Waals surface area contributed by atoms with Gasteiger partial charge in [-0.3, -0.25) is 0 Å². The van der Waals surface area contributed by atoms with Crippen molar-refractivity contribution in [3.8, 4) is 0 Å². The minimum absolute atomic E-state index is 0.252. The van der Waals surface area contributed by atoms with Gasteiger partial charge in [0.1, 0.15) is 0 Å². The van der Waals surface area contributed by atoms with E-state index in [1.165, 1.54) is 4.31 Å². The van der Waals surface area contributed by atoms with Crippen molar-refractivity contribution in [1.82, 2.24) is 9.46 Å². The van der Waals surface area contributed by atoms with Gasteiger partial charge in [-0.15, -0.1) is 0 Å². The molecule has 1 fully saturated rings. The summed E-state index contributed by atoms with van der Waals surface area (Å²) in [5.74, 6) is 0.626. The van der Waals surface area contributed by atoms with Gasteiger partial charge >= 0.3 is 0 Å². The predicted molar refractivity (Wildman–Crippen MR) is 78.3 cm³/mol. The summed E-state index contributed by atoms with van der Waals surface area (Å²) in [6.45, 7) is 4.29. The Balaban J connectivity index is 1.96. The molecule has 1 aliphatic heterocycles. The van der Waals surface area contributed by atoms with Crippen LogP contribution in [0.15, 0.2) is 39.8 Å². The Morgan fingerprint density at radius 1 is 1.24 bits per heavy atom. The minimum atomic E-state index is -3.50. The van der Waals surface area contributed by atoms with Crippen LogP contribution in [0.1, 0.15) is 35.9 Å². The fraction of sp³-hybridized carbons (Fsp3) is 0.400. The molecular weight excluding hydrogens is 288 g/mol. The van der Waals surface area contributed by atoms with Crippen LogP contribution >= 0.6 is 0 Å². The van der Waals surface area contributed by atoms with Crippen molar-refractivity contribution >= 4 is 10.0 Å². The zero-order valence-corrected chi connectivity index (χ0v) is 12.9. The van der Waals surface area contributed by atoms with Gasteiger partial charge in [0.2, 0.25) is 10.0 Å². The number of hydrogen-bond donors (Lipinski definition) is 0. The Morgan fingerprint density at radius 2 is 1.95 bits per heavy atom. The molecule has 2 aromatic rings. The van der Waals surface area contributed by atoms with Crippen LogP contribution in [0.3, 0.4) is 0 Å². The van der Waals surface area contributed by atoms with Crippen LogP contribution in [-0.4, -0.2) is 24.4 Å². The molecule has 0 unspecified atom stereocenters. The number of rotatable bonds is 3. The lowest BCUT2D eigenvalue weighted by molar-refractivity contribution is 0.297. The number of aryl methyl sites for hydroxylation is 2. The quantitative estimate of drug-likeness (QED) is 0.874. The van der Waals surface area contributed by atoms with E-state index >= 15 is 0 Å². The first-order chi connectivity index (χ1) is 9.98. The summed E-state index contributed by atoms with van der Waals surface area (Å²) >= 11 is 0. The SMILES string of the molecule is Cc1ccc(S(=O)(=O)N2CCC[C@@H]2c2cc(C)no2)cc1. The highest BCUT2D eigenvalue weighted by Gasteiger charge is 2.38. The topological polar surface area (TPSA) is 63.4 Å². The molecule has 21 heavy (non-hydrogen) atoms. The summed E-state index contributed by atoms with van der Waals surface area (Å²) in [5, 5.41) is 3.87. The lowest BCUT2D eigenvalue weighted by Gasteiger charge is -2.22. The first kappa shape index (κ1) is 14.3. The molecule has 0 N–H and O–H groups in total. The van der Waals surface area contributed by atoms with Crippen LogP contribution in [0.2, 0.25) is 0 Å². The Morgan fingerprint density at radius 3 is 2.57 bits per heavy atom. The molecule has 5 nitrogen and oxygen atoms in total. The van der Waals surface area contributed by atoms with Gasteiger partial charge in [-0.1, -0.05) is 22.9 Å². The molecule has 0 saturated carbocycles. The third-order valence-corrected chi connectivity index (χ3v) is 5.73.